The van der Waals surface area contributed by atoms with Gasteiger partial charge in [0.25, 0.3) is 5.91 Å². The quantitative estimate of drug-likeness (QED) is 0.710. The molecule has 6 heteroatoms. The summed E-state index contributed by atoms with van der Waals surface area (Å²) in [5.41, 5.74) is 2.44. The first kappa shape index (κ1) is 16.9. The highest BCUT2D eigenvalue weighted by Crippen LogP contribution is 2.14. The van der Waals surface area contributed by atoms with E-state index in [1.54, 1.807) is 36.8 Å². The Labute approximate surface area is 151 Å². The first-order valence-corrected chi connectivity index (χ1v) is 8.20. The van der Waals surface area contributed by atoms with Gasteiger partial charge in [0.2, 0.25) is 0 Å². The summed E-state index contributed by atoms with van der Waals surface area (Å²) < 4.78 is 0. The van der Waals surface area contributed by atoms with Crippen LogP contribution in [0.4, 0.5) is 5.82 Å². The third-order valence-corrected chi connectivity index (χ3v) is 3.99. The molecule has 0 aliphatic heterocycles. The van der Waals surface area contributed by atoms with Crippen LogP contribution in [0.2, 0.25) is 5.02 Å². The van der Waals surface area contributed by atoms with Crippen molar-refractivity contribution in [2.45, 2.75) is 13.1 Å². The van der Waals surface area contributed by atoms with Gasteiger partial charge in [-0.3, -0.25) is 9.78 Å². The summed E-state index contributed by atoms with van der Waals surface area (Å²) in [4.78, 5) is 20.5. The molecule has 0 spiro atoms. The number of rotatable bonds is 6. The van der Waals surface area contributed by atoms with Crippen molar-refractivity contribution >= 4 is 23.3 Å². The lowest BCUT2D eigenvalue weighted by atomic mass is 10.2. The number of benzene rings is 1. The highest BCUT2D eigenvalue weighted by molar-refractivity contribution is 6.31. The van der Waals surface area contributed by atoms with E-state index in [0.29, 0.717) is 29.5 Å². The van der Waals surface area contributed by atoms with E-state index in [4.69, 9.17) is 11.6 Å². The van der Waals surface area contributed by atoms with Crippen molar-refractivity contribution in [1.29, 1.82) is 0 Å². The third kappa shape index (κ3) is 4.78. The van der Waals surface area contributed by atoms with E-state index in [9.17, 15) is 4.79 Å². The summed E-state index contributed by atoms with van der Waals surface area (Å²) in [5.74, 6) is 0.512. The minimum Gasteiger partial charge on any atom is -0.366 e. The van der Waals surface area contributed by atoms with E-state index in [-0.39, 0.29) is 5.91 Å². The van der Waals surface area contributed by atoms with Crippen LogP contribution in [0.3, 0.4) is 0 Å². The average molecular weight is 353 g/mol. The number of anilines is 1. The lowest BCUT2D eigenvalue weighted by Crippen LogP contribution is -2.23. The predicted octanol–water partition coefficient (Wildman–Crippen LogP) is 3.67. The van der Waals surface area contributed by atoms with Crippen LogP contribution in [-0.4, -0.2) is 15.9 Å². The molecule has 25 heavy (non-hydrogen) atoms. The zero-order chi connectivity index (χ0) is 17.5. The monoisotopic (exact) mass is 352 g/mol. The van der Waals surface area contributed by atoms with E-state index in [1.807, 2.05) is 30.3 Å². The maximum atomic E-state index is 12.2. The number of halogens is 1. The van der Waals surface area contributed by atoms with Crippen LogP contribution >= 0.6 is 11.6 Å². The third-order valence-electron chi connectivity index (χ3n) is 3.62. The molecular formula is C19H17ClN4O. The van der Waals surface area contributed by atoms with Gasteiger partial charge >= 0.3 is 0 Å². The minimum absolute atomic E-state index is 0.189. The van der Waals surface area contributed by atoms with Gasteiger partial charge in [0, 0.05) is 36.7 Å². The molecule has 0 radical (unpaired) electrons. The lowest BCUT2D eigenvalue weighted by molar-refractivity contribution is 0.0950. The minimum atomic E-state index is -0.189. The smallest absolute Gasteiger partial charge is 0.253 e. The Morgan fingerprint density at radius 1 is 1.00 bits per heavy atom. The Bertz CT molecular complexity index is 838. The van der Waals surface area contributed by atoms with Gasteiger partial charge < -0.3 is 10.6 Å². The van der Waals surface area contributed by atoms with Crippen molar-refractivity contribution < 1.29 is 4.79 Å². The molecule has 2 aromatic heterocycles. The number of carbonyl (C=O) groups excluding carboxylic acids is 1. The molecule has 2 heterocycles. The maximum Gasteiger partial charge on any atom is 0.253 e. The number of nitrogens with zero attached hydrogens (tertiary/aromatic N) is 2. The Morgan fingerprint density at radius 3 is 2.60 bits per heavy atom. The summed E-state index contributed by atoms with van der Waals surface area (Å²) in [5, 5.41) is 6.67. The van der Waals surface area contributed by atoms with E-state index in [1.165, 1.54) is 0 Å². The molecule has 2 N–H and O–H groups in total. The van der Waals surface area contributed by atoms with Gasteiger partial charge in [-0.05, 0) is 35.4 Å². The molecule has 1 amide bonds. The molecule has 3 aromatic rings. The highest BCUT2D eigenvalue weighted by atomic mass is 35.5. The molecule has 0 saturated heterocycles. The van der Waals surface area contributed by atoms with Gasteiger partial charge in [-0.2, -0.15) is 0 Å². The number of carbonyl (C=O) groups is 1. The molecule has 126 valence electrons. The zero-order valence-corrected chi connectivity index (χ0v) is 14.2. The number of nitrogens with one attached hydrogen (secondary N) is 2. The standard InChI is InChI=1S/C19H17ClN4O/c20-17-6-2-1-5-15(17)12-24-19(25)16-7-8-18(23-13-16)22-11-14-4-3-9-21-10-14/h1-10,13H,11-12H2,(H,22,23)(H,24,25). The zero-order valence-electron chi connectivity index (χ0n) is 13.4. The average Bonchev–Trinajstić information content (AvgIpc) is 2.67. The maximum absolute atomic E-state index is 12.2. The molecule has 1 aromatic carbocycles. The summed E-state index contributed by atoms with van der Waals surface area (Å²) in [6, 6.07) is 14.8. The molecule has 0 unspecified atom stereocenters. The first-order chi connectivity index (χ1) is 12.2. The molecule has 0 bridgehead atoms. The summed E-state index contributed by atoms with van der Waals surface area (Å²) >= 11 is 6.08. The van der Waals surface area contributed by atoms with E-state index < -0.39 is 0 Å². The summed E-state index contributed by atoms with van der Waals surface area (Å²) in [7, 11) is 0. The molecule has 0 atom stereocenters. The van der Waals surface area contributed by atoms with E-state index >= 15 is 0 Å². The first-order valence-electron chi connectivity index (χ1n) is 7.83. The molecule has 0 aliphatic rings. The van der Waals surface area contributed by atoms with Crippen LogP contribution in [0, 0.1) is 0 Å². The Kier molecular flexibility index (Phi) is 5.59. The van der Waals surface area contributed by atoms with Crippen LogP contribution in [-0.2, 0) is 13.1 Å². The number of hydrogen-bond acceptors (Lipinski definition) is 4. The van der Waals surface area contributed by atoms with Crippen molar-refractivity contribution in [3.05, 3.63) is 88.8 Å². The second-order valence-electron chi connectivity index (χ2n) is 5.42. The van der Waals surface area contributed by atoms with E-state index in [0.717, 1.165) is 11.1 Å². The molecule has 5 nitrogen and oxygen atoms in total. The fourth-order valence-electron chi connectivity index (χ4n) is 2.25. The van der Waals surface area contributed by atoms with Gasteiger partial charge in [-0.15, -0.1) is 0 Å². The number of pyridine rings is 2. The Morgan fingerprint density at radius 2 is 1.88 bits per heavy atom. The van der Waals surface area contributed by atoms with Gasteiger partial charge in [0.1, 0.15) is 5.82 Å². The summed E-state index contributed by atoms with van der Waals surface area (Å²) in [6.45, 7) is 0.998. The van der Waals surface area contributed by atoms with Crippen LogP contribution < -0.4 is 10.6 Å². The number of hydrogen-bond donors (Lipinski definition) is 2. The molecule has 0 saturated carbocycles. The normalized spacial score (nSPS) is 10.3. The largest absolute Gasteiger partial charge is 0.366 e. The van der Waals surface area contributed by atoms with Crippen LogP contribution in [0.25, 0.3) is 0 Å². The topological polar surface area (TPSA) is 66.9 Å². The highest BCUT2D eigenvalue weighted by Gasteiger charge is 2.07. The van der Waals surface area contributed by atoms with Gasteiger partial charge in [0.05, 0.1) is 5.56 Å². The molecule has 0 fully saturated rings. The van der Waals surface area contributed by atoms with Crippen molar-refractivity contribution in [3.63, 3.8) is 0 Å². The van der Waals surface area contributed by atoms with E-state index in [2.05, 4.69) is 20.6 Å². The van der Waals surface area contributed by atoms with Crippen LogP contribution in [0.15, 0.2) is 67.1 Å². The second-order valence-corrected chi connectivity index (χ2v) is 5.83. The Hall–Kier alpha value is -2.92. The predicted molar refractivity (Wildman–Crippen MR) is 98.4 cm³/mol. The summed E-state index contributed by atoms with van der Waals surface area (Å²) in [6.07, 6.45) is 5.08. The fraction of sp³-hybridized carbons (Fsp3) is 0.105. The van der Waals surface area contributed by atoms with Crippen LogP contribution in [0.1, 0.15) is 21.5 Å². The molecule has 3 rings (SSSR count). The van der Waals surface area contributed by atoms with Gasteiger partial charge in [-0.1, -0.05) is 35.9 Å². The molecule has 0 aliphatic carbocycles. The van der Waals surface area contributed by atoms with Gasteiger partial charge in [0.15, 0.2) is 0 Å². The molecular weight excluding hydrogens is 336 g/mol. The second kappa shape index (κ2) is 8.26. The van der Waals surface area contributed by atoms with Crippen LogP contribution in [0.5, 0.6) is 0 Å². The van der Waals surface area contributed by atoms with Crippen molar-refractivity contribution in [3.8, 4) is 0 Å². The lowest BCUT2D eigenvalue weighted by Gasteiger charge is -2.08. The fourth-order valence-corrected chi connectivity index (χ4v) is 2.45. The van der Waals surface area contributed by atoms with Crippen molar-refractivity contribution in [1.82, 2.24) is 15.3 Å². The van der Waals surface area contributed by atoms with Gasteiger partial charge in [-0.25, -0.2) is 4.98 Å². The Balaban J connectivity index is 1.54. The van der Waals surface area contributed by atoms with Crippen molar-refractivity contribution in [2.24, 2.45) is 0 Å². The number of aromatic nitrogens is 2. The van der Waals surface area contributed by atoms with Crippen molar-refractivity contribution in [2.75, 3.05) is 5.32 Å². The number of amides is 1. The SMILES string of the molecule is O=C(NCc1ccccc1Cl)c1ccc(NCc2cccnc2)nc1.